The topological polar surface area (TPSA) is 55.1 Å². The number of nitrogens with two attached hydrogens (primary N) is 1. The molecule has 0 saturated heterocycles. The zero-order valence-electron chi connectivity index (χ0n) is 12.5. The lowest BCUT2D eigenvalue weighted by molar-refractivity contribution is -0.124. The first-order valence-electron chi connectivity index (χ1n) is 7.34. The van der Waals surface area contributed by atoms with Crippen LogP contribution in [0, 0.1) is 17.3 Å². The van der Waals surface area contributed by atoms with Crippen molar-refractivity contribution in [3.63, 3.8) is 0 Å². The fourth-order valence-corrected chi connectivity index (χ4v) is 2.72. The molecule has 0 aromatic heterocycles. The van der Waals surface area contributed by atoms with Crippen molar-refractivity contribution in [3.05, 3.63) is 0 Å². The van der Waals surface area contributed by atoms with Gasteiger partial charge >= 0.3 is 0 Å². The monoisotopic (exact) mass is 254 g/mol. The van der Waals surface area contributed by atoms with Crippen LogP contribution in [0.25, 0.3) is 0 Å². The third kappa shape index (κ3) is 4.97. The van der Waals surface area contributed by atoms with Gasteiger partial charge in [0.05, 0.1) is 6.04 Å². The van der Waals surface area contributed by atoms with Crippen LogP contribution in [0.4, 0.5) is 0 Å². The Morgan fingerprint density at radius 1 is 1.39 bits per heavy atom. The lowest BCUT2D eigenvalue weighted by Crippen LogP contribution is -2.48. The molecular formula is C15H30N2O. The van der Waals surface area contributed by atoms with E-state index >= 15 is 0 Å². The third-order valence-corrected chi connectivity index (χ3v) is 4.11. The van der Waals surface area contributed by atoms with E-state index in [9.17, 15) is 4.79 Å². The van der Waals surface area contributed by atoms with Crippen molar-refractivity contribution in [2.24, 2.45) is 23.0 Å². The Bertz CT molecular complexity index is 270. The maximum Gasteiger partial charge on any atom is 0.237 e. The van der Waals surface area contributed by atoms with E-state index < -0.39 is 6.04 Å². The normalized spacial score (nSPS) is 26.7. The van der Waals surface area contributed by atoms with Crippen molar-refractivity contribution < 1.29 is 4.79 Å². The van der Waals surface area contributed by atoms with E-state index in [1.54, 1.807) is 0 Å². The van der Waals surface area contributed by atoms with Crippen LogP contribution in [-0.4, -0.2) is 18.5 Å². The predicted molar refractivity (Wildman–Crippen MR) is 76.2 cm³/mol. The maximum absolute atomic E-state index is 11.9. The van der Waals surface area contributed by atoms with E-state index in [0.717, 1.165) is 24.8 Å². The van der Waals surface area contributed by atoms with E-state index in [4.69, 9.17) is 5.73 Å². The van der Waals surface area contributed by atoms with Gasteiger partial charge < -0.3 is 11.1 Å². The summed E-state index contributed by atoms with van der Waals surface area (Å²) in [5.41, 5.74) is 5.76. The number of amides is 1. The Morgan fingerprint density at radius 2 is 2.06 bits per heavy atom. The first kappa shape index (κ1) is 15.5. The third-order valence-electron chi connectivity index (χ3n) is 4.11. The van der Waals surface area contributed by atoms with Crippen LogP contribution in [0.15, 0.2) is 0 Å². The van der Waals surface area contributed by atoms with Gasteiger partial charge in [-0.3, -0.25) is 4.79 Å². The summed E-state index contributed by atoms with van der Waals surface area (Å²) in [6.07, 6.45) is 6.47. The van der Waals surface area contributed by atoms with Gasteiger partial charge in [-0.05, 0) is 30.1 Å². The van der Waals surface area contributed by atoms with Crippen LogP contribution in [0.3, 0.4) is 0 Å². The van der Waals surface area contributed by atoms with Gasteiger partial charge in [0, 0.05) is 6.54 Å². The van der Waals surface area contributed by atoms with E-state index in [1.165, 1.54) is 25.7 Å². The molecule has 18 heavy (non-hydrogen) atoms. The molecule has 0 aromatic rings. The van der Waals surface area contributed by atoms with Crippen molar-refractivity contribution >= 4 is 5.91 Å². The molecule has 0 heterocycles. The largest absolute Gasteiger partial charge is 0.355 e. The molecule has 1 fully saturated rings. The summed E-state index contributed by atoms with van der Waals surface area (Å²) < 4.78 is 0. The van der Waals surface area contributed by atoms with Gasteiger partial charge in [-0.15, -0.1) is 0 Å². The van der Waals surface area contributed by atoms with Gasteiger partial charge in [0.2, 0.25) is 5.91 Å². The molecule has 3 heteroatoms. The molecule has 0 aromatic carbocycles. The minimum Gasteiger partial charge on any atom is -0.355 e. The zero-order valence-corrected chi connectivity index (χ0v) is 12.5. The highest BCUT2D eigenvalue weighted by molar-refractivity contribution is 5.82. The summed E-state index contributed by atoms with van der Waals surface area (Å²) in [6.45, 7) is 9.11. The van der Waals surface area contributed by atoms with Crippen molar-refractivity contribution in [3.8, 4) is 0 Å². The first-order chi connectivity index (χ1) is 8.30. The zero-order chi connectivity index (χ0) is 13.8. The average Bonchev–Trinajstić information content (AvgIpc) is 2.26. The van der Waals surface area contributed by atoms with Crippen molar-refractivity contribution in [1.82, 2.24) is 5.32 Å². The first-order valence-corrected chi connectivity index (χ1v) is 7.34. The number of hydrogen-bond acceptors (Lipinski definition) is 2. The maximum atomic E-state index is 11.9. The molecule has 3 N–H and O–H groups in total. The van der Waals surface area contributed by atoms with Gasteiger partial charge in [-0.2, -0.15) is 0 Å². The van der Waals surface area contributed by atoms with Gasteiger partial charge in [-0.1, -0.05) is 47.0 Å². The molecule has 3 atom stereocenters. The Balaban J connectivity index is 2.23. The minimum absolute atomic E-state index is 0.00800. The van der Waals surface area contributed by atoms with E-state index in [0.29, 0.717) is 0 Å². The van der Waals surface area contributed by atoms with Crippen LogP contribution in [0.1, 0.15) is 59.8 Å². The number of nitrogens with one attached hydrogen (secondary N) is 1. The number of hydrogen-bond donors (Lipinski definition) is 2. The fourth-order valence-electron chi connectivity index (χ4n) is 2.72. The molecule has 3 nitrogen and oxygen atoms in total. The standard InChI is InChI=1S/C15H30N2O/c1-11-6-5-7-12(10-11)8-9-17-14(18)13(16)15(2,3)4/h11-13H,5-10,16H2,1-4H3,(H,17,18). The molecule has 1 rings (SSSR count). The number of carbonyl (C=O) groups is 1. The van der Waals surface area contributed by atoms with Crippen molar-refractivity contribution in [2.75, 3.05) is 6.54 Å². The molecule has 1 aliphatic rings. The smallest absolute Gasteiger partial charge is 0.237 e. The summed E-state index contributed by atoms with van der Waals surface area (Å²) in [7, 11) is 0. The molecule has 0 aliphatic heterocycles. The van der Waals surface area contributed by atoms with Gasteiger partial charge in [0.15, 0.2) is 0 Å². The van der Waals surface area contributed by atoms with Gasteiger partial charge in [0.25, 0.3) is 0 Å². The molecule has 1 saturated carbocycles. The molecule has 1 amide bonds. The molecule has 3 unspecified atom stereocenters. The van der Waals surface area contributed by atoms with E-state index in [2.05, 4.69) is 12.2 Å². The van der Waals surface area contributed by atoms with Crippen LogP contribution < -0.4 is 11.1 Å². The fraction of sp³-hybridized carbons (Fsp3) is 0.933. The van der Waals surface area contributed by atoms with Crippen LogP contribution in [-0.2, 0) is 4.79 Å². The minimum atomic E-state index is -0.414. The Morgan fingerprint density at radius 3 is 2.61 bits per heavy atom. The van der Waals surface area contributed by atoms with Gasteiger partial charge in [0.1, 0.15) is 0 Å². The lowest BCUT2D eigenvalue weighted by atomic mass is 9.81. The second-order valence-electron chi connectivity index (χ2n) is 7.06. The SMILES string of the molecule is CC1CCCC(CCNC(=O)C(N)C(C)(C)C)C1. The second kappa shape index (κ2) is 6.55. The summed E-state index contributed by atoms with van der Waals surface area (Å²) in [5.74, 6) is 1.64. The summed E-state index contributed by atoms with van der Waals surface area (Å²) in [4.78, 5) is 11.9. The average molecular weight is 254 g/mol. The van der Waals surface area contributed by atoms with Crippen LogP contribution in [0.2, 0.25) is 0 Å². The summed E-state index contributed by atoms with van der Waals surface area (Å²) in [6, 6.07) is -0.414. The highest BCUT2D eigenvalue weighted by atomic mass is 16.2. The van der Waals surface area contributed by atoms with E-state index in [-0.39, 0.29) is 11.3 Å². The molecule has 106 valence electrons. The molecular weight excluding hydrogens is 224 g/mol. The van der Waals surface area contributed by atoms with Crippen molar-refractivity contribution in [2.45, 2.75) is 65.8 Å². The molecule has 1 aliphatic carbocycles. The van der Waals surface area contributed by atoms with Crippen molar-refractivity contribution in [1.29, 1.82) is 0 Å². The summed E-state index contributed by atoms with van der Waals surface area (Å²) in [5, 5.41) is 2.99. The van der Waals surface area contributed by atoms with Crippen LogP contribution >= 0.6 is 0 Å². The number of rotatable bonds is 4. The number of carbonyl (C=O) groups excluding carboxylic acids is 1. The lowest BCUT2D eigenvalue weighted by Gasteiger charge is -2.28. The Hall–Kier alpha value is -0.570. The highest BCUT2D eigenvalue weighted by Gasteiger charge is 2.27. The quantitative estimate of drug-likeness (QED) is 0.810. The Labute approximate surface area is 112 Å². The predicted octanol–water partition coefficient (Wildman–Crippen LogP) is 2.69. The molecule has 0 bridgehead atoms. The van der Waals surface area contributed by atoms with Gasteiger partial charge in [-0.25, -0.2) is 0 Å². The highest BCUT2D eigenvalue weighted by Crippen LogP contribution is 2.30. The molecule has 0 spiro atoms. The Kier molecular flexibility index (Phi) is 5.64. The second-order valence-corrected chi connectivity index (χ2v) is 7.06. The van der Waals surface area contributed by atoms with Crippen LogP contribution in [0.5, 0.6) is 0 Å². The van der Waals surface area contributed by atoms with E-state index in [1.807, 2.05) is 20.8 Å². The molecule has 0 radical (unpaired) electrons. The summed E-state index contributed by atoms with van der Waals surface area (Å²) >= 11 is 0.